The summed E-state index contributed by atoms with van der Waals surface area (Å²) >= 11 is 0. The van der Waals surface area contributed by atoms with E-state index in [4.69, 9.17) is 14.6 Å². The smallest absolute Gasteiger partial charge is 0.307 e. The summed E-state index contributed by atoms with van der Waals surface area (Å²) < 4.78 is 35.7. The molecule has 3 aromatic rings. The summed E-state index contributed by atoms with van der Waals surface area (Å²) in [7, 11) is -2.90. The fourth-order valence-electron chi connectivity index (χ4n) is 5.76. The van der Waals surface area contributed by atoms with Gasteiger partial charge in [-0.15, -0.1) is 0 Å². The lowest BCUT2D eigenvalue weighted by Crippen LogP contribution is -2.30. The molecule has 0 radical (unpaired) electrons. The van der Waals surface area contributed by atoms with E-state index in [-0.39, 0.29) is 29.4 Å². The highest BCUT2D eigenvalue weighted by Crippen LogP contribution is 2.47. The van der Waals surface area contributed by atoms with Gasteiger partial charge in [0.1, 0.15) is 24.2 Å². The molecule has 0 bridgehead atoms. The van der Waals surface area contributed by atoms with Crippen molar-refractivity contribution in [3.63, 3.8) is 0 Å². The zero-order valence-electron chi connectivity index (χ0n) is 21.3. The SMILES string of the molecule is O=C(O)[C@H]1C[C@@H]1c1ccc(OCc2ccc3c(c2)-c2ccc(OC4CCS(=O)(=O)CC4)cc2CCC3)cc1. The summed E-state index contributed by atoms with van der Waals surface area (Å²) in [5.41, 5.74) is 7.21. The van der Waals surface area contributed by atoms with Gasteiger partial charge in [0.2, 0.25) is 0 Å². The van der Waals surface area contributed by atoms with E-state index in [0.717, 1.165) is 41.9 Å². The number of sulfone groups is 1. The van der Waals surface area contributed by atoms with E-state index in [1.165, 1.54) is 22.3 Å². The minimum Gasteiger partial charge on any atom is -0.490 e. The molecule has 198 valence electrons. The first-order chi connectivity index (χ1) is 18.3. The molecule has 38 heavy (non-hydrogen) atoms. The van der Waals surface area contributed by atoms with Gasteiger partial charge >= 0.3 is 5.97 Å². The normalized spacial score (nSPS) is 22.0. The second-order valence-corrected chi connectivity index (χ2v) is 13.1. The van der Waals surface area contributed by atoms with Crippen LogP contribution in [0.1, 0.15) is 53.9 Å². The second kappa shape index (κ2) is 10.1. The number of hydrogen-bond donors (Lipinski definition) is 1. The van der Waals surface area contributed by atoms with Crippen LogP contribution >= 0.6 is 0 Å². The molecule has 1 saturated carbocycles. The molecule has 3 aliphatic rings. The van der Waals surface area contributed by atoms with Crippen LogP contribution in [0, 0.1) is 5.92 Å². The lowest BCUT2D eigenvalue weighted by molar-refractivity contribution is -0.138. The minimum absolute atomic E-state index is 0.0460. The van der Waals surface area contributed by atoms with Crippen molar-refractivity contribution in [2.75, 3.05) is 11.5 Å². The number of carbonyl (C=O) groups is 1. The van der Waals surface area contributed by atoms with Gasteiger partial charge in [0.05, 0.1) is 17.4 Å². The Kier molecular flexibility index (Phi) is 6.64. The van der Waals surface area contributed by atoms with E-state index < -0.39 is 15.8 Å². The third-order valence-electron chi connectivity index (χ3n) is 8.06. The lowest BCUT2D eigenvalue weighted by atomic mass is 9.95. The van der Waals surface area contributed by atoms with Crippen molar-refractivity contribution in [1.29, 1.82) is 0 Å². The number of hydrogen-bond acceptors (Lipinski definition) is 5. The molecule has 3 aromatic carbocycles. The Balaban J connectivity index is 1.14. The van der Waals surface area contributed by atoms with E-state index in [0.29, 0.717) is 25.9 Å². The molecule has 0 aromatic heterocycles. The van der Waals surface area contributed by atoms with Gasteiger partial charge in [-0.2, -0.15) is 0 Å². The molecule has 2 fully saturated rings. The molecule has 6 nitrogen and oxygen atoms in total. The standard InChI is InChI=1S/C31H32O6S/c32-31(33)30-18-29(30)22-6-8-24(9-7-22)36-19-20-4-5-21-2-1-3-23-17-26(10-11-27(23)28(21)16-20)37-25-12-14-38(34,35)15-13-25/h4-11,16-17,25,29-30H,1-3,12-15,18-19H2,(H,32,33)/t29-,30+/m1/s1. The van der Waals surface area contributed by atoms with Crippen LogP contribution in [-0.4, -0.2) is 37.1 Å². The van der Waals surface area contributed by atoms with E-state index in [1.54, 1.807) is 0 Å². The topological polar surface area (TPSA) is 89.9 Å². The van der Waals surface area contributed by atoms with Crippen molar-refractivity contribution in [2.45, 2.75) is 57.2 Å². The third kappa shape index (κ3) is 5.44. The molecule has 0 unspecified atom stereocenters. The van der Waals surface area contributed by atoms with Gasteiger partial charge < -0.3 is 14.6 Å². The zero-order chi connectivity index (χ0) is 26.3. The fourth-order valence-corrected chi connectivity index (χ4v) is 7.21. The largest absolute Gasteiger partial charge is 0.490 e. The van der Waals surface area contributed by atoms with E-state index in [1.807, 2.05) is 30.3 Å². The lowest BCUT2D eigenvalue weighted by Gasteiger charge is -2.24. The van der Waals surface area contributed by atoms with Crippen LogP contribution in [0.25, 0.3) is 11.1 Å². The highest BCUT2D eigenvalue weighted by molar-refractivity contribution is 7.91. The number of benzene rings is 3. The molecule has 2 atom stereocenters. The predicted octanol–water partition coefficient (Wildman–Crippen LogP) is 5.57. The van der Waals surface area contributed by atoms with Crippen molar-refractivity contribution in [2.24, 2.45) is 5.92 Å². The Labute approximate surface area is 223 Å². The summed E-state index contributed by atoms with van der Waals surface area (Å²) in [6.45, 7) is 0.453. The van der Waals surface area contributed by atoms with Crippen LogP contribution in [0.4, 0.5) is 0 Å². The molecule has 7 heteroatoms. The Morgan fingerprint density at radius 2 is 1.61 bits per heavy atom. The van der Waals surface area contributed by atoms with Gasteiger partial charge in [0.25, 0.3) is 0 Å². The van der Waals surface area contributed by atoms with Crippen LogP contribution < -0.4 is 9.47 Å². The Morgan fingerprint density at radius 1 is 0.868 bits per heavy atom. The molecule has 1 aliphatic heterocycles. The number of aliphatic carboxylic acids is 1. The highest BCUT2D eigenvalue weighted by atomic mass is 32.2. The van der Waals surface area contributed by atoms with E-state index in [9.17, 15) is 13.2 Å². The van der Waals surface area contributed by atoms with Gasteiger partial charge in [-0.1, -0.05) is 30.3 Å². The molecule has 6 rings (SSSR count). The number of ether oxygens (including phenoxy) is 2. The Bertz CT molecular complexity index is 1450. The van der Waals surface area contributed by atoms with Crippen LogP contribution in [-0.2, 0) is 34.1 Å². The summed E-state index contributed by atoms with van der Waals surface area (Å²) in [4.78, 5) is 11.1. The third-order valence-corrected chi connectivity index (χ3v) is 9.77. The number of rotatable bonds is 7. The van der Waals surface area contributed by atoms with E-state index >= 15 is 0 Å². The minimum atomic E-state index is -2.90. The van der Waals surface area contributed by atoms with Gasteiger partial charge in [-0.3, -0.25) is 4.79 Å². The molecule has 1 saturated heterocycles. The summed E-state index contributed by atoms with van der Waals surface area (Å²) in [5, 5.41) is 9.16. The fraction of sp³-hybridized carbons (Fsp3) is 0.387. The first-order valence-corrected chi connectivity index (χ1v) is 15.2. The van der Waals surface area contributed by atoms with Gasteiger partial charge in [0, 0.05) is 0 Å². The Hall–Kier alpha value is -3.32. The average molecular weight is 533 g/mol. The van der Waals surface area contributed by atoms with E-state index in [2.05, 4.69) is 30.3 Å². The van der Waals surface area contributed by atoms with Crippen LogP contribution in [0.3, 0.4) is 0 Å². The summed E-state index contributed by atoms with van der Waals surface area (Å²) in [5.74, 6) is 1.15. The first-order valence-electron chi connectivity index (χ1n) is 13.4. The van der Waals surface area contributed by atoms with Gasteiger partial charge in [-0.25, -0.2) is 8.42 Å². The van der Waals surface area contributed by atoms with Crippen LogP contribution in [0.15, 0.2) is 60.7 Å². The molecule has 1 heterocycles. The van der Waals surface area contributed by atoms with Crippen molar-refractivity contribution >= 4 is 15.8 Å². The molecule has 1 N–H and O–H groups in total. The first kappa shape index (κ1) is 25.0. The number of carboxylic acid groups (broad SMARTS) is 1. The average Bonchev–Trinajstić information content (AvgIpc) is 3.73. The van der Waals surface area contributed by atoms with Crippen molar-refractivity contribution in [1.82, 2.24) is 0 Å². The molecule has 0 amide bonds. The maximum Gasteiger partial charge on any atom is 0.307 e. The van der Waals surface area contributed by atoms with Crippen molar-refractivity contribution in [3.05, 3.63) is 82.9 Å². The molecule has 0 spiro atoms. The maximum absolute atomic E-state index is 11.7. The zero-order valence-corrected chi connectivity index (χ0v) is 22.1. The van der Waals surface area contributed by atoms with Gasteiger partial charge in [-0.05, 0) is 108 Å². The summed E-state index contributed by atoms with van der Waals surface area (Å²) in [6.07, 6.45) is 4.83. The molecule has 2 aliphatic carbocycles. The van der Waals surface area contributed by atoms with Crippen LogP contribution in [0.5, 0.6) is 11.5 Å². The molecular formula is C31H32O6S. The highest BCUT2D eigenvalue weighted by Gasteiger charge is 2.44. The monoisotopic (exact) mass is 532 g/mol. The van der Waals surface area contributed by atoms with Crippen molar-refractivity contribution < 1.29 is 27.8 Å². The predicted molar refractivity (Wildman–Crippen MR) is 145 cm³/mol. The van der Waals surface area contributed by atoms with Crippen LogP contribution in [0.2, 0.25) is 0 Å². The molecular weight excluding hydrogens is 500 g/mol. The summed E-state index contributed by atoms with van der Waals surface area (Å²) in [6, 6.07) is 20.6. The quantitative estimate of drug-likeness (QED) is 0.428. The van der Waals surface area contributed by atoms with Crippen molar-refractivity contribution in [3.8, 4) is 22.6 Å². The number of aryl methyl sites for hydroxylation is 2. The second-order valence-electron chi connectivity index (χ2n) is 10.8. The maximum atomic E-state index is 11.7. The number of fused-ring (bicyclic) bond motifs is 3. The Morgan fingerprint density at radius 3 is 2.34 bits per heavy atom. The number of carboxylic acids is 1. The van der Waals surface area contributed by atoms with Gasteiger partial charge in [0.15, 0.2) is 9.84 Å².